The van der Waals surface area contributed by atoms with E-state index in [1.54, 1.807) is 0 Å². The van der Waals surface area contributed by atoms with Gasteiger partial charge in [-0.05, 0) is 104 Å². The summed E-state index contributed by atoms with van der Waals surface area (Å²) in [6.07, 6.45) is 0. The van der Waals surface area contributed by atoms with E-state index in [0.717, 1.165) is 11.4 Å². The van der Waals surface area contributed by atoms with E-state index in [-0.39, 0.29) is 5.41 Å². The Bertz CT molecular complexity index is 3470. The van der Waals surface area contributed by atoms with Crippen LogP contribution in [0.15, 0.2) is 231 Å². The van der Waals surface area contributed by atoms with Crippen LogP contribution in [-0.4, -0.2) is 0 Å². The van der Waals surface area contributed by atoms with Crippen molar-refractivity contribution < 1.29 is 0 Å². The molecule has 62 heavy (non-hydrogen) atoms. The molecule has 2 heteroatoms. The fraction of sp³-hybridized carbons (Fsp3) is 0.0333. The van der Waals surface area contributed by atoms with Crippen LogP contribution in [0.3, 0.4) is 0 Å². The normalized spacial score (nSPS) is 14.3. The molecule has 12 rings (SSSR count). The van der Waals surface area contributed by atoms with Gasteiger partial charge in [-0.1, -0.05) is 200 Å². The lowest BCUT2D eigenvalue weighted by atomic mass is 9.74. The Kier molecular flexibility index (Phi) is 8.55. The second-order valence-electron chi connectivity index (χ2n) is 16.5. The Balaban J connectivity index is 1.07. The average Bonchev–Trinajstić information content (AvgIpc) is 3.86. The largest absolute Gasteiger partial charge is 0.308 e. The van der Waals surface area contributed by atoms with Crippen LogP contribution < -0.4 is 4.90 Å². The van der Waals surface area contributed by atoms with Gasteiger partial charge in [0.2, 0.25) is 0 Å². The molecule has 1 nitrogen and oxygen atoms in total. The lowest BCUT2D eigenvalue weighted by molar-refractivity contribution is 0.714. The number of benzene rings is 10. The number of nitrogens with zero attached hydrogens (tertiary/aromatic N) is 1. The Morgan fingerprint density at radius 2 is 0.952 bits per heavy atom. The molecule has 0 bridgehead atoms. The third-order valence-electron chi connectivity index (χ3n) is 13.2. The number of hydrogen-bond donors (Lipinski definition) is 0. The number of hydrogen-bond acceptors (Lipinski definition) is 2. The quantitative estimate of drug-likeness (QED) is 0.155. The first kappa shape index (κ1) is 36.3. The van der Waals surface area contributed by atoms with Crippen molar-refractivity contribution >= 4 is 59.3 Å². The third-order valence-corrected chi connectivity index (χ3v) is 14.4. The minimum Gasteiger partial charge on any atom is -0.308 e. The lowest BCUT2D eigenvalue weighted by Crippen LogP contribution is -2.22. The van der Waals surface area contributed by atoms with Gasteiger partial charge in [0.1, 0.15) is 0 Å². The van der Waals surface area contributed by atoms with Gasteiger partial charge in [-0.3, -0.25) is 0 Å². The molecule has 0 amide bonds. The number of thiophene rings is 1. The van der Waals surface area contributed by atoms with Crippen molar-refractivity contribution in [3.05, 3.63) is 247 Å². The topological polar surface area (TPSA) is 3.24 Å². The van der Waals surface area contributed by atoms with Crippen LogP contribution >= 0.6 is 11.3 Å². The molecule has 1 aromatic heterocycles. The molecular weight excluding hydrogens is 767 g/mol. The first-order valence-electron chi connectivity index (χ1n) is 21.4. The molecule has 1 unspecified atom stereocenters. The third kappa shape index (κ3) is 5.61. The highest BCUT2D eigenvalue weighted by Gasteiger charge is 2.41. The SMILES string of the molecule is CC1(c2ccccc2)c2ccccc2-c2c(-c3ccc(N(c4ccccc4-c4cccc5cccc(-c6ccccc6)c45)c4cccc5c4sc4ccccc45)cc3)cccc21. The van der Waals surface area contributed by atoms with E-state index in [0.29, 0.717) is 0 Å². The zero-order valence-electron chi connectivity index (χ0n) is 34.3. The molecule has 1 heterocycles. The van der Waals surface area contributed by atoms with Gasteiger partial charge < -0.3 is 4.90 Å². The lowest BCUT2D eigenvalue weighted by Gasteiger charge is -2.29. The number of anilines is 3. The van der Waals surface area contributed by atoms with Crippen LogP contribution in [0.25, 0.3) is 75.5 Å². The molecule has 11 aromatic rings. The van der Waals surface area contributed by atoms with Gasteiger partial charge in [-0.2, -0.15) is 0 Å². The maximum Gasteiger partial charge on any atom is 0.0640 e. The summed E-state index contributed by atoms with van der Waals surface area (Å²) in [5.74, 6) is 0. The van der Waals surface area contributed by atoms with Gasteiger partial charge in [0.15, 0.2) is 0 Å². The summed E-state index contributed by atoms with van der Waals surface area (Å²) in [6.45, 7) is 2.39. The van der Waals surface area contributed by atoms with E-state index < -0.39 is 0 Å². The second-order valence-corrected chi connectivity index (χ2v) is 17.5. The molecule has 0 N–H and O–H groups in total. The van der Waals surface area contributed by atoms with Gasteiger partial charge in [-0.25, -0.2) is 0 Å². The van der Waals surface area contributed by atoms with Gasteiger partial charge in [0.25, 0.3) is 0 Å². The van der Waals surface area contributed by atoms with E-state index in [2.05, 4.69) is 242 Å². The van der Waals surface area contributed by atoms with Crippen molar-refractivity contribution in [2.75, 3.05) is 4.90 Å². The zero-order chi connectivity index (χ0) is 41.2. The van der Waals surface area contributed by atoms with Crippen molar-refractivity contribution in [2.24, 2.45) is 0 Å². The van der Waals surface area contributed by atoms with Crippen molar-refractivity contribution in [3.63, 3.8) is 0 Å². The Hall–Kier alpha value is -7.52. The second kappa shape index (κ2) is 14.6. The highest BCUT2D eigenvalue weighted by molar-refractivity contribution is 7.26. The summed E-state index contributed by atoms with van der Waals surface area (Å²) >= 11 is 1.87. The van der Waals surface area contributed by atoms with E-state index in [9.17, 15) is 0 Å². The van der Waals surface area contributed by atoms with Crippen molar-refractivity contribution in [3.8, 4) is 44.5 Å². The first-order valence-corrected chi connectivity index (χ1v) is 22.2. The van der Waals surface area contributed by atoms with E-state index in [1.807, 2.05) is 11.3 Å². The molecule has 0 fully saturated rings. The molecule has 10 aromatic carbocycles. The fourth-order valence-corrected chi connectivity index (χ4v) is 11.5. The van der Waals surface area contributed by atoms with Crippen LogP contribution in [0, 0.1) is 0 Å². The minimum atomic E-state index is -0.255. The Morgan fingerprint density at radius 3 is 1.77 bits per heavy atom. The van der Waals surface area contributed by atoms with Crippen LogP contribution in [0.2, 0.25) is 0 Å². The fourth-order valence-electron chi connectivity index (χ4n) is 10.3. The Morgan fingerprint density at radius 1 is 0.387 bits per heavy atom. The predicted molar refractivity (Wildman–Crippen MR) is 265 cm³/mol. The summed E-state index contributed by atoms with van der Waals surface area (Å²) in [5.41, 5.74) is 17.1. The van der Waals surface area contributed by atoms with Crippen LogP contribution in [-0.2, 0) is 5.41 Å². The molecule has 0 spiro atoms. The van der Waals surface area contributed by atoms with Crippen molar-refractivity contribution in [1.29, 1.82) is 0 Å². The number of para-hydroxylation sites is 1. The summed E-state index contributed by atoms with van der Waals surface area (Å²) in [5, 5.41) is 5.05. The Labute approximate surface area is 366 Å². The summed E-state index contributed by atoms with van der Waals surface area (Å²) in [7, 11) is 0. The van der Waals surface area contributed by atoms with Crippen LogP contribution in [0.1, 0.15) is 23.6 Å². The summed E-state index contributed by atoms with van der Waals surface area (Å²) < 4.78 is 2.56. The minimum absolute atomic E-state index is 0.255. The highest BCUT2D eigenvalue weighted by atomic mass is 32.1. The van der Waals surface area contributed by atoms with Crippen LogP contribution in [0.4, 0.5) is 17.1 Å². The van der Waals surface area contributed by atoms with E-state index in [4.69, 9.17) is 0 Å². The summed E-state index contributed by atoms with van der Waals surface area (Å²) in [6, 6.07) is 84.9. The number of rotatable bonds is 7. The maximum absolute atomic E-state index is 2.50. The molecule has 292 valence electrons. The standard InChI is InChI=1S/C60H41NS/c1-60(43-22-6-3-7-23-43)52-31-11-8-26-51(52)58-46(28-16-32-53(58)60)41-36-38-44(39-37-41)61(55-34-17-30-50-48-25-10-13-35-56(48)62-59(50)55)54-33-12-9-24-47(54)49-29-15-21-42-20-14-27-45(57(42)49)40-18-4-2-5-19-40/h2-39H,1H3. The molecule has 1 atom stereocenters. The molecule has 0 saturated carbocycles. The van der Waals surface area contributed by atoms with Gasteiger partial charge in [0, 0.05) is 32.1 Å². The van der Waals surface area contributed by atoms with Crippen molar-refractivity contribution in [1.82, 2.24) is 0 Å². The van der Waals surface area contributed by atoms with E-state index in [1.165, 1.54) is 97.8 Å². The first-order chi connectivity index (χ1) is 30.7. The highest BCUT2D eigenvalue weighted by Crippen LogP contribution is 2.55. The maximum atomic E-state index is 2.50. The van der Waals surface area contributed by atoms with Gasteiger partial charge in [0.05, 0.1) is 16.1 Å². The summed E-state index contributed by atoms with van der Waals surface area (Å²) in [4.78, 5) is 2.50. The average molecular weight is 808 g/mol. The molecule has 1 aliphatic rings. The zero-order valence-corrected chi connectivity index (χ0v) is 35.1. The predicted octanol–water partition coefficient (Wildman–Crippen LogP) is 17.0. The van der Waals surface area contributed by atoms with Gasteiger partial charge in [-0.15, -0.1) is 11.3 Å². The number of fused-ring (bicyclic) bond motifs is 7. The smallest absolute Gasteiger partial charge is 0.0640 e. The molecule has 0 saturated heterocycles. The van der Waals surface area contributed by atoms with Crippen molar-refractivity contribution in [2.45, 2.75) is 12.3 Å². The molecule has 0 aliphatic heterocycles. The van der Waals surface area contributed by atoms with Crippen LogP contribution in [0.5, 0.6) is 0 Å². The monoisotopic (exact) mass is 807 g/mol. The van der Waals surface area contributed by atoms with E-state index >= 15 is 0 Å². The molecule has 1 aliphatic carbocycles. The molecular formula is C60H41NS. The molecule has 0 radical (unpaired) electrons. The van der Waals surface area contributed by atoms with Gasteiger partial charge >= 0.3 is 0 Å².